The molecule has 2 heterocycles. The Morgan fingerprint density at radius 2 is 2.07 bits per heavy atom. The molecule has 2 bridgehead atoms. The van der Waals surface area contributed by atoms with Gasteiger partial charge in [0.2, 0.25) is 5.75 Å². The highest BCUT2D eigenvalue weighted by molar-refractivity contribution is 5.67. The maximum atomic E-state index is 10.8. The zero-order valence-electron chi connectivity index (χ0n) is 17.4. The van der Waals surface area contributed by atoms with Crippen LogP contribution in [-0.4, -0.2) is 49.0 Å². The van der Waals surface area contributed by atoms with Crippen molar-refractivity contribution in [2.75, 3.05) is 20.7 Å². The number of hydrogen-bond acceptors (Lipinski definition) is 5. The molecule has 2 aliphatic heterocycles. The van der Waals surface area contributed by atoms with E-state index in [9.17, 15) is 5.11 Å². The fraction of sp³-hybridized carbons (Fsp3) is 0.440. The summed E-state index contributed by atoms with van der Waals surface area (Å²) in [5.41, 5.74) is 3.44. The Balaban J connectivity index is 1.48. The van der Waals surface area contributed by atoms with Gasteiger partial charge in [0.15, 0.2) is 11.5 Å². The highest BCUT2D eigenvalue weighted by atomic mass is 16.5. The van der Waals surface area contributed by atoms with Crippen molar-refractivity contribution in [3.8, 4) is 17.2 Å². The number of nitrogens with zero attached hydrogens (tertiary/aromatic N) is 1. The maximum absolute atomic E-state index is 10.8. The minimum Gasteiger partial charge on any atom is -0.490 e. The van der Waals surface area contributed by atoms with Crippen LogP contribution in [0.4, 0.5) is 0 Å². The molecule has 1 fully saturated rings. The second-order valence-electron chi connectivity index (χ2n) is 9.03. The minimum atomic E-state index is -0.609. The molecule has 0 saturated carbocycles. The quantitative estimate of drug-likeness (QED) is 0.793. The van der Waals surface area contributed by atoms with Crippen molar-refractivity contribution in [1.82, 2.24) is 4.90 Å². The first-order chi connectivity index (χ1) is 14.6. The van der Waals surface area contributed by atoms with Crippen molar-refractivity contribution in [2.24, 2.45) is 5.92 Å². The van der Waals surface area contributed by atoms with Crippen molar-refractivity contribution in [2.45, 2.75) is 43.1 Å². The molecule has 1 spiro atoms. The molecule has 30 heavy (non-hydrogen) atoms. The Kier molecular flexibility index (Phi) is 3.96. The van der Waals surface area contributed by atoms with Crippen LogP contribution >= 0.6 is 0 Å². The van der Waals surface area contributed by atoms with Crippen LogP contribution in [-0.2, 0) is 18.4 Å². The first kappa shape index (κ1) is 18.3. The van der Waals surface area contributed by atoms with E-state index in [1.54, 1.807) is 7.11 Å². The van der Waals surface area contributed by atoms with E-state index in [1.165, 1.54) is 11.1 Å². The Hall–Kier alpha value is -2.50. The third-order valence-electron chi connectivity index (χ3n) is 7.65. The molecule has 0 unspecified atom stereocenters. The van der Waals surface area contributed by atoms with Crippen LogP contribution < -0.4 is 14.2 Å². The third-order valence-corrected chi connectivity index (χ3v) is 7.65. The van der Waals surface area contributed by atoms with Crippen LogP contribution in [0, 0.1) is 5.92 Å². The zero-order valence-corrected chi connectivity index (χ0v) is 17.4. The molecule has 5 nitrogen and oxygen atoms in total. The fourth-order valence-corrected chi connectivity index (χ4v) is 6.31. The van der Waals surface area contributed by atoms with Crippen LogP contribution in [0.1, 0.15) is 23.1 Å². The van der Waals surface area contributed by atoms with E-state index in [1.807, 2.05) is 24.3 Å². The third kappa shape index (κ3) is 2.30. The van der Waals surface area contributed by atoms with Crippen LogP contribution in [0.2, 0.25) is 0 Å². The second kappa shape index (κ2) is 6.50. The van der Waals surface area contributed by atoms with E-state index in [-0.39, 0.29) is 11.5 Å². The van der Waals surface area contributed by atoms with Crippen LogP contribution in [0.5, 0.6) is 17.2 Å². The first-order valence-electron chi connectivity index (χ1n) is 10.8. The molecule has 2 aromatic rings. The fourth-order valence-electron chi connectivity index (χ4n) is 6.31. The Morgan fingerprint density at radius 3 is 2.87 bits per heavy atom. The summed E-state index contributed by atoms with van der Waals surface area (Å²) in [4.78, 5) is 2.46. The minimum absolute atomic E-state index is 0.181. The van der Waals surface area contributed by atoms with Gasteiger partial charge in [-0.25, -0.2) is 0 Å². The molecular formula is C25H27NO4. The van der Waals surface area contributed by atoms with Gasteiger partial charge in [0.05, 0.1) is 7.11 Å². The van der Waals surface area contributed by atoms with Gasteiger partial charge >= 0.3 is 0 Å². The summed E-state index contributed by atoms with van der Waals surface area (Å²) >= 11 is 0. The lowest BCUT2D eigenvalue weighted by Crippen LogP contribution is -2.64. The van der Waals surface area contributed by atoms with E-state index in [0.29, 0.717) is 30.1 Å². The van der Waals surface area contributed by atoms with Crippen LogP contribution in [0.15, 0.2) is 48.6 Å². The largest absolute Gasteiger partial charge is 0.490 e. The SMILES string of the molecule is COc1c(OCc2ccccc2)cc2c3c1O[C@H]1[C@@H](O)C=C[C@H]4[C@@H](C2)N(C)CC[C@]341. The molecule has 156 valence electrons. The maximum Gasteiger partial charge on any atom is 0.203 e. The average Bonchev–Trinajstić information content (AvgIpc) is 3.12. The number of aliphatic hydroxyl groups excluding tert-OH is 1. The Labute approximate surface area is 176 Å². The number of piperidine rings is 1. The van der Waals surface area contributed by atoms with Crippen LogP contribution in [0.3, 0.4) is 0 Å². The van der Waals surface area contributed by atoms with Crippen molar-refractivity contribution in [1.29, 1.82) is 0 Å². The smallest absolute Gasteiger partial charge is 0.203 e. The zero-order chi connectivity index (χ0) is 20.5. The predicted octanol–water partition coefficient (Wildman–Crippen LogP) is 3.08. The summed E-state index contributed by atoms with van der Waals surface area (Å²) in [6.45, 7) is 1.48. The lowest BCUT2D eigenvalue weighted by molar-refractivity contribution is -0.0453. The number of hydrogen-bond donors (Lipinski definition) is 1. The van der Waals surface area contributed by atoms with Crippen molar-refractivity contribution in [3.05, 3.63) is 65.2 Å². The molecule has 2 aromatic carbocycles. The lowest BCUT2D eigenvalue weighted by Gasteiger charge is -2.56. The summed E-state index contributed by atoms with van der Waals surface area (Å²) in [5, 5.41) is 10.8. The van der Waals surface area contributed by atoms with Gasteiger partial charge in [-0.05, 0) is 43.6 Å². The molecule has 0 amide bonds. The van der Waals surface area contributed by atoms with Gasteiger partial charge in [0.25, 0.3) is 0 Å². The highest BCUT2D eigenvalue weighted by Crippen LogP contribution is 2.64. The molecule has 6 rings (SSSR count). The molecule has 5 heteroatoms. The van der Waals surface area contributed by atoms with Gasteiger partial charge in [-0.3, -0.25) is 0 Å². The number of aliphatic hydroxyl groups is 1. The molecule has 0 aromatic heterocycles. The number of ether oxygens (including phenoxy) is 3. The standard InChI is InChI=1S/C25H27NO4/c1-26-11-10-25-17-8-9-19(27)24(25)30-23-21(25)16(12-18(17)26)13-20(22(23)28-2)29-14-15-6-4-3-5-7-15/h3-9,13,17-19,24,27H,10-12,14H2,1-2H3/t17-,18+,19-,24-,25+/m0/s1. The normalized spacial score (nSPS) is 33.0. The Bertz CT molecular complexity index is 1020. The Morgan fingerprint density at radius 1 is 1.23 bits per heavy atom. The number of methoxy groups -OCH3 is 1. The summed E-state index contributed by atoms with van der Waals surface area (Å²) in [6, 6.07) is 12.7. The monoisotopic (exact) mass is 405 g/mol. The second-order valence-corrected chi connectivity index (χ2v) is 9.03. The molecular weight excluding hydrogens is 378 g/mol. The molecule has 1 saturated heterocycles. The van der Waals surface area contributed by atoms with Gasteiger partial charge in [-0.2, -0.15) is 0 Å². The van der Waals surface area contributed by atoms with E-state index in [2.05, 4.69) is 36.2 Å². The average molecular weight is 405 g/mol. The first-order valence-corrected chi connectivity index (χ1v) is 10.8. The van der Waals surface area contributed by atoms with Crippen LogP contribution in [0.25, 0.3) is 0 Å². The number of rotatable bonds is 4. The summed E-state index contributed by atoms with van der Waals surface area (Å²) in [6.07, 6.45) is 5.21. The lowest BCUT2D eigenvalue weighted by atomic mass is 9.53. The van der Waals surface area contributed by atoms with Crippen molar-refractivity contribution < 1.29 is 19.3 Å². The van der Waals surface area contributed by atoms with E-state index < -0.39 is 6.10 Å². The van der Waals surface area contributed by atoms with Gasteiger partial charge in [-0.15, -0.1) is 0 Å². The number of likely N-dealkylation sites (N-methyl/N-ethyl adjacent to an activating group) is 1. The topological polar surface area (TPSA) is 51.2 Å². The summed E-state index contributed by atoms with van der Waals surface area (Å²) < 4.78 is 18.6. The van der Waals surface area contributed by atoms with E-state index in [4.69, 9.17) is 14.2 Å². The summed E-state index contributed by atoms with van der Waals surface area (Å²) in [5.74, 6) is 2.49. The molecule has 0 radical (unpaired) electrons. The van der Waals surface area contributed by atoms with Gasteiger partial charge in [0.1, 0.15) is 18.8 Å². The molecule has 1 N–H and O–H groups in total. The molecule has 5 atom stereocenters. The van der Waals surface area contributed by atoms with Gasteiger partial charge < -0.3 is 24.2 Å². The van der Waals surface area contributed by atoms with Crippen molar-refractivity contribution in [3.63, 3.8) is 0 Å². The number of likely N-dealkylation sites (tertiary alicyclic amines) is 1. The molecule has 4 aliphatic rings. The molecule has 2 aliphatic carbocycles. The predicted molar refractivity (Wildman–Crippen MR) is 113 cm³/mol. The highest BCUT2D eigenvalue weighted by Gasteiger charge is 2.64. The van der Waals surface area contributed by atoms with E-state index >= 15 is 0 Å². The van der Waals surface area contributed by atoms with Gasteiger partial charge in [-0.1, -0.05) is 42.5 Å². The number of benzene rings is 2. The van der Waals surface area contributed by atoms with Crippen molar-refractivity contribution >= 4 is 0 Å². The van der Waals surface area contributed by atoms with E-state index in [0.717, 1.165) is 30.7 Å². The van der Waals surface area contributed by atoms with Gasteiger partial charge in [0, 0.05) is 22.9 Å². The summed E-state index contributed by atoms with van der Waals surface area (Å²) in [7, 11) is 3.88.